The maximum Gasteiger partial charge on any atom is 0.128 e. The minimum Gasteiger partial charge on any atom is -0.265 e. The van der Waals surface area contributed by atoms with E-state index in [1.54, 1.807) is 61.8 Å². The highest BCUT2D eigenvalue weighted by Crippen LogP contribution is 2.30. The van der Waals surface area contributed by atoms with Gasteiger partial charge in [0.15, 0.2) is 0 Å². The Balaban J connectivity index is 0.000000177. The fourth-order valence-corrected chi connectivity index (χ4v) is 7.31. The molecule has 0 amide bonds. The van der Waals surface area contributed by atoms with E-state index in [-0.39, 0.29) is 0 Å². The van der Waals surface area contributed by atoms with Gasteiger partial charge in [0, 0.05) is 73.4 Å². The molecule has 0 bridgehead atoms. The summed E-state index contributed by atoms with van der Waals surface area (Å²) in [5.41, 5.74) is 13.5. The zero-order chi connectivity index (χ0) is 59.1. The first-order valence-electron chi connectivity index (χ1n) is 26.9. The third-order valence-electron chi connectivity index (χ3n) is 11.4. The molecule has 0 aliphatic heterocycles. The van der Waals surface area contributed by atoms with E-state index in [0.717, 1.165) is 28.6 Å². The summed E-state index contributed by atoms with van der Waals surface area (Å²) in [6.07, 6.45) is 23.7. The average molecular weight is 1090 g/mol. The molecule has 12 nitrogen and oxygen atoms in total. The molecule has 0 saturated heterocycles. The van der Waals surface area contributed by atoms with Gasteiger partial charge in [-0.15, -0.1) is 0 Å². The SMILES string of the molecule is Cc1cc(-c2ccccc2)c2ccccc2c1.Cc1ccc2c(-c3ccccc3)cccc2c1.Cc1ccccn1.Cc1cccnc1.Cc1ccncc1.Cc1ccncn1.Cc1cncnc1.Cc1ncccn1.Cc1ncncn1. The van der Waals surface area contributed by atoms with E-state index in [0.29, 0.717) is 0 Å². The first kappa shape index (κ1) is 63.4. The Hall–Kier alpha value is -10.5. The lowest BCUT2D eigenvalue weighted by Crippen LogP contribution is -1.84. The lowest BCUT2D eigenvalue weighted by molar-refractivity contribution is 0.974. The Labute approximate surface area is 489 Å². The van der Waals surface area contributed by atoms with E-state index in [9.17, 15) is 0 Å². The van der Waals surface area contributed by atoms with Crippen LogP contribution in [0.3, 0.4) is 0 Å². The van der Waals surface area contributed by atoms with Gasteiger partial charge in [0.05, 0.1) is 0 Å². The number of hydrogen-bond acceptors (Lipinski definition) is 12. The first-order chi connectivity index (χ1) is 40.4. The summed E-state index contributed by atoms with van der Waals surface area (Å²) in [6.45, 7) is 17.9. The van der Waals surface area contributed by atoms with E-state index in [1.807, 2.05) is 103 Å². The monoisotopic (exact) mass is 1090 g/mol. The van der Waals surface area contributed by atoms with E-state index >= 15 is 0 Å². The molecule has 6 aromatic carbocycles. The first-order valence-corrected chi connectivity index (χ1v) is 26.9. The largest absolute Gasteiger partial charge is 0.265 e. The van der Waals surface area contributed by atoms with Gasteiger partial charge >= 0.3 is 0 Å². The van der Waals surface area contributed by atoms with Gasteiger partial charge < -0.3 is 0 Å². The number of fused-ring (bicyclic) bond motifs is 2. The molecule has 0 aliphatic rings. The summed E-state index contributed by atoms with van der Waals surface area (Å²) in [5.74, 6) is 1.58. The smallest absolute Gasteiger partial charge is 0.128 e. The summed E-state index contributed by atoms with van der Waals surface area (Å²) < 4.78 is 0. The summed E-state index contributed by atoms with van der Waals surface area (Å²) >= 11 is 0. The van der Waals surface area contributed by atoms with Gasteiger partial charge in [-0.3, -0.25) is 15.0 Å². The number of benzene rings is 6. The molecule has 0 atom stereocenters. The van der Waals surface area contributed by atoms with Crippen molar-refractivity contribution in [1.29, 1.82) is 0 Å². The Morgan fingerprint density at radius 1 is 0.241 bits per heavy atom. The molecule has 0 spiro atoms. The number of hydrogen-bond donors (Lipinski definition) is 0. The van der Waals surface area contributed by atoms with Crippen LogP contribution in [-0.4, -0.2) is 59.8 Å². The number of aromatic nitrogens is 12. The van der Waals surface area contributed by atoms with E-state index in [4.69, 9.17) is 0 Å². The zero-order valence-corrected chi connectivity index (χ0v) is 48.8. The van der Waals surface area contributed by atoms with Crippen LogP contribution in [0.15, 0.2) is 275 Å². The van der Waals surface area contributed by atoms with Crippen LogP contribution in [0.25, 0.3) is 43.8 Å². The predicted octanol–water partition coefficient (Wildman–Crippen LogP) is 16.3. The highest BCUT2D eigenvalue weighted by molar-refractivity contribution is 5.98. The summed E-state index contributed by atoms with van der Waals surface area (Å²) in [4.78, 5) is 45.7. The molecule has 7 aromatic heterocycles. The molecule has 12 heteroatoms. The van der Waals surface area contributed by atoms with E-state index in [2.05, 4.69) is 207 Å². The molecule has 7 heterocycles. The van der Waals surface area contributed by atoms with Crippen molar-refractivity contribution in [1.82, 2.24) is 59.8 Å². The Morgan fingerprint density at radius 2 is 0.783 bits per heavy atom. The van der Waals surface area contributed by atoms with Crippen molar-refractivity contribution in [3.63, 3.8) is 0 Å². The number of rotatable bonds is 2. The fourth-order valence-electron chi connectivity index (χ4n) is 7.31. The van der Waals surface area contributed by atoms with Crippen LogP contribution >= 0.6 is 0 Å². The summed E-state index contributed by atoms with van der Waals surface area (Å²) in [7, 11) is 0. The minimum absolute atomic E-state index is 0.759. The van der Waals surface area contributed by atoms with Gasteiger partial charge in [-0.1, -0.05) is 151 Å². The van der Waals surface area contributed by atoms with Gasteiger partial charge in [0.1, 0.15) is 37.0 Å². The Morgan fingerprint density at radius 3 is 1.24 bits per heavy atom. The maximum atomic E-state index is 3.98. The molecule has 0 saturated carbocycles. The topological polar surface area (TPSA) is 155 Å². The Kier molecular flexibility index (Phi) is 28.6. The third-order valence-corrected chi connectivity index (χ3v) is 11.4. The van der Waals surface area contributed by atoms with Crippen LogP contribution in [-0.2, 0) is 0 Å². The van der Waals surface area contributed by atoms with E-state index < -0.39 is 0 Å². The van der Waals surface area contributed by atoms with Crippen LogP contribution in [0.5, 0.6) is 0 Å². The number of aryl methyl sites for hydroxylation is 9. The maximum absolute atomic E-state index is 3.98. The molecule has 0 unspecified atom stereocenters. The van der Waals surface area contributed by atoms with Crippen molar-refractivity contribution in [2.24, 2.45) is 0 Å². The third kappa shape index (κ3) is 25.9. The molecule has 13 aromatic rings. The van der Waals surface area contributed by atoms with E-state index in [1.165, 1.54) is 91.4 Å². The minimum atomic E-state index is 0.759. The molecule has 13 rings (SSSR count). The number of nitrogens with zero attached hydrogens (tertiary/aromatic N) is 12. The van der Waals surface area contributed by atoms with Gasteiger partial charge in [0.2, 0.25) is 0 Å². The zero-order valence-electron chi connectivity index (χ0n) is 48.8. The molecule has 83 heavy (non-hydrogen) atoms. The van der Waals surface area contributed by atoms with Gasteiger partial charge in [-0.05, 0) is 171 Å². The standard InChI is InChI=1S/2C17H14.3C6H7N.3C5H6N2.C4H5N3/c1-13-11-15-9-5-6-10-16(15)17(12-13)14-7-3-2-4-8-14;1-13-10-11-17-15(12-13)8-5-9-16(17)14-6-3-2-4-7-14;1-6-2-4-7-5-3-6;1-6-3-2-4-7-5-6;1-6-4-2-3-5-7-6;1-5-2-6-4-7-3-5;1-5-2-3-6-4-7-5;1-5-6-3-2-4-7-5;1-4-6-2-5-3-7-4/h2*2-12H,1H3;3*2-5H,1H3;3*2-4H,1H3;2-3H,1H3. The molecule has 0 fully saturated rings. The summed E-state index contributed by atoms with van der Waals surface area (Å²) in [5, 5.41) is 5.27. The Bertz CT molecular complexity index is 3360. The molecule has 416 valence electrons. The highest BCUT2D eigenvalue weighted by Gasteiger charge is 2.05. The van der Waals surface area contributed by atoms with Crippen LogP contribution in [0, 0.1) is 62.3 Å². The van der Waals surface area contributed by atoms with Crippen molar-refractivity contribution in [3.8, 4) is 22.3 Å². The molecular formula is C71H72N12. The van der Waals surface area contributed by atoms with Crippen molar-refractivity contribution in [2.45, 2.75) is 62.3 Å². The normalized spacial score (nSPS) is 9.51. The van der Waals surface area contributed by atoms with Crippen LogP contribution in [0.1, 0.15) is 50.9 Å². The molecule has 0 radical (unpaired) electrons. The molecule has 0 N–H and O–H groups in total. The lowest BCUT2D eigenvalue weighted by Gasteiger charge is -2.08. The van der Waals surface area contributed by atoms with Crippen molar-refractivity contribution < 1.29 is 0 Å². The average Bonchev–Trinajstić information content (AvgIpc) is 3.72. The quantitative estimate of drug-likeness (QED) is 0.162. The second kappa shape index (κ2) is 37.4. The number of pyridine rings is 3. The molecule has 0 aliphatic carbocycles. The van der Waals surface area contributed by atoms with Crippen molar-refractivity contribution in [2.75, 3.05) is 0 Å². The second-order valence-electron chi connectivity index (χ2n) is 18.6. The fraction of sp³-hybridized carbons (Fsp3) is 0.127. The molecular weight excluding hydrogens is 1020 g/mol. The van der Waals surface area contributed by atoms with Crippen molar-refractivity contribution in [3.05, 3.63) is 326 Å². The summed E-state index contributed by atoms with van der Waals surface area (Å²) in [6, 6.07) is 64.7. The van der Waals surface area contributed by atoms with Crippen LogP contribution < -0.4 is 0 Å². The predicted molar refractivity (Wildman–Crippen MR) is 340 cm³/mol. The van der Waals surface area contributed by atoms with Gasteiger partial charge in [-0.2, -0.15) is 0 Å². The van der Waals surface area contributed by atoms with Crippen LogP contribution in [0.2, 0.25) is 0 Å². The van der Waals surface area contributed by atoms with Crippen molar-refractivity contribution >= 4 is 21.5 Å². The lowest BCUT2D eigenvalue weighted by atomic mass is 9.96. The second-order valence-corrected chi connectivity index (χ2v) is 18.6. The van der Waals surface area contributed by atoms with Gasteiger partial charge in [0.25, 0.3) is 0 Å². The van der Waals surface area contributed by atoms with Crippen LogP contribution in [0.4, 0.5) is 0 Å². The van der Waals surface area contributed by atoms with Gasteiger partial charge in [-0.25, -0.2) is 44.9 Å². The highest BCUT2D eigenvalue weighted by atomic mass is 15.0.